The molecule has 9 nitrogen and oxygen atoms in total. The van der Waals surface area contributed by atoms with Crippen LogP contribution in [-0.2, 0) is 23.1 Å². The van der Waals surface area contributed by atoms with Crippen LogP contribution >= 0.6 is 11.6 Å². The first-order chi connectivity index (χ1) is 15.5. The van der Waals surface area contributed by atoms with E-state index in [1.54, 1.807) is 29.2 Å². The van der Waals surface area contributed by atoms with Crippen LogP contribution in [0.25, 0.3) is 0 Å². The first-order valence-corrected chi connectivity index (χ1v) is 12.7. The highest BCUT2D eigenvalue weighted by molar-refractivity contribution is 7.88. The average molecular weight is 493 g/mol. The van der Waals surface area contributed by atoms with Crippen LogP contribution in [0.5, 0.6) is 0 Å². The van der Waals surface area contributed by atoms with Gasteiger partial charge in [-0.15, -0.1) is 0 Å². The fourth-order valence-corrected chi connectivity index (χ4v) is 5.17. The van der Waals surface area contributed by atoms with E-state index in [9.17, 15) is 22.8 Å². The maximum atomic E-state index is 13.1. The topological polar surface area (TPSA) is 109 Å². The average Bonchev–Trinajstić information content (AvgIpc) is 3.55. The third-order valence-corrected chi connectivity index (χ3v) is 8.00. The summed E-state index contributed by atoms with van der Waals surface area (Å²) in [5, 5.41) is 3.31. The molecule has 1 fully saturated rings. The molecule has 2 aromatic rings. The zero-order chi connectivity index (χ0) is 24.0. The van der Waals surface area contributed by atoms with Crippen molar-refractivity contribution in [1.82, 2.24) is 19.1 Å². The van der Waals surface area contributed by atoms with E-state index in [2.05, 4.69) is 5.32 Å². The molecule has 4 rings (SSSR count). The molecule has 0 bridgehead atoms. The summed E-state index contributed by atoms with van der Waals surface area (Å²) in [6, 6.07) is 9.84. The Labute approximate surface area is 197 Å². The molecule has 0 saturated heterocycles. The fourth-order valence-electron chi connectivity index (χ4n) is 4.10. The van der Waals surface area contributed by atoms with Gasteiger partial charge in [0.05, 0.1) is 11.8 Å². The highest BCUT2D eigenvalue weighted by atomic mass is 35.5. The number of carbonyl (C=O) groups excluding carboxylic acids is 2. The summed E-state index contributed by atoms with van der Waals surface area (Å²) < 4.78 is 26.6. The van der Waals surface area contributed by atoms with Crippen LogP contribution < -0.4 is 10.9 Å². The van der Waals surface area contributed by atoms with Crippen LogP contribution in [0.4, 0.5) is 0 Å². The maximum Gasteiger partial charge on any atom is 0.270 e. The predicted octanol–water partition coefficient (Wildman–Crippen LogP) is 1.31. The predicted molar refractivity (Wildman–Crippen MR) is 124 cm³/mol. The van der Waals surface area contributed by atoms with E-state index in [-0.39, 0.29) is 43.3 Å². The van der Waals surface area contributed by atoms with Gasteiger partial charge in [0.2, 0.25) is 10.0 Å². The molecule has 1 aromatic heterocycles. The van der Waals surface area contributed by atoms with E-state index in [4.69, 9.17) is 11.6 Å². The number of sulfonamides is 1. The van der Waals surface area contributed by atoms with Gasteiger partial charge < -0.3 is 14.8 Å². The minimum absolute atomic E-state index is 0.0376. The number of pyridine rings is 1. The van der Waals surface area contributed by atoms with E-state index < -0.39 is 27.0 Å². The molecule has 33 heavy (non-hydrogen) atoms. The number of likely N-dealkylation sites (N-methyl/N-ethyl adjacent to an activating group) is 1. The standard InChI is InChI=1S/C22H25ClN4O5S/c1-25(33(2,31)32)22(9-10-22)14-26-11-12-27-18(21(26)30)8-7-17(20(27)29)19(28)24-13-15-3-5-16(23)6-4-15/h3-8H,9-14H2,1-2H3,(H,24,28). The maximum absolute atomic E-state index is 13.1. The quantitative estimate of drug-likeness (QED) is 0.627. The van der Waals surface area contributed by atoms with Gasteiger partial charge in [-0.1, -0.05) is 23.7 Å². The molecule has 1 aliphatic heterocycles. The number of benzene rings is 1. The number of hydrogen-bond acceptors (Lipinski definition) is 5. The van der Waals surface area contributed by atoms with Crippen molar-refractivity contribution in [3.8, 4) is 0 Å². The molecule has 1 saturated carbocycles. The van der Waals surface area contributed by atoms with E-state index >= 15 is 0 Å². The van der Waals surface area contributed by atoms with Crippen LogP contribution in [0.3, 0.4) is 0 Å². The van der Waals surface area contributed by atoms with Gasteiger partial charge in [0.1, 0.15) is 11.3 Å². The van der Waals surface area contributed by atoms with Crippen LogP contribution in [-0.4, -0.2) is 65.9 Å². The minimum atomic E-state index is -3.39. The molecule has 2 amide bonds. The van der Waals surface area contributed by atoms with Gasteiger partial charge in [-0.25, -0.2) is 8.42 Å². The lowest BCUT2D eigenvalue weighted by Gasteiger charge is -2.35. The third-order valence-electron chi connectivity index (χ3n) is 6.36. The third kappa shape index (κ3) is 4.68. The van der Waals surface area contributed by atoms with Crippen molar-refractivity contribution in [2.24, 2.45) is 0 Å². The Balaban J connectivity index is 1.48. The largest absolute Gasteiger partial charge is 0.348 e. The van der Waals surface area contributed by atoms with E-state index in [1.807, 2.05) is 0 Å². The molecule has 0 unspecified atom stereocenters. The smallest absolute Gasteiger partial charge is 0.270 e. The number of hydrogen-bond donors (Lipinski definition) is 1. The number of aromatic nitrogens is 1. The Hall–Kier alpha value is -2.69. The van der Waals surface area contributed by atoms with Crippen LogP contribution in [0, 0.1) is 0 Å². The van der Waals surface area contributed by atoms with Crippen molar-refractivity contribution in [3.05, 3.63) is 68.6 Å². The number of halogens is 1. The monoisotopic (exact) mass is 492 g/mol. The zero-order valence-corrected chi connectivity index (χ0v) is 19.9. The molecule has 2 heterocycles. The first kappa shape index (κ1) is 23.5. The number of nitrogens with zero attached hydrogens (tertiary/aromatic N) is 3. The summed E-state index contributed by atoms with van der Waals surface area (Å²) >= 11 is 5.86. The second kappa shape index (κ2) is 8.58. The Morgan fingerprint density at radius 1 is 1.12 bits per heavy atom. The van der Waals surface area contributed by atoms with Crippen molar-refractivity contribution in [3.63, 3.8) is 0 Å². The Morgan fingerprint density at radius 3 is 2.39 bits per heavy atom. The summed E-state index contributed by atoms with van der Waals surface area (Å²) in [6.45, 7) is 1.00. The molecular formula is C22H25ClN4O5S. The van der Waals surface area contributed by atoms with Gasteiger partial charge in [-0.2, -0.15) is 4.31 Å². The molecule has 0 atom stereocenters. The molecule has 2 aliphatic rings. The Morgan fingerprint density at radius 2 is 1.79 bits per heavy atom. The normalized spacial score (nSPS) is 17.1. The summed E-state index contributed by atoms with van der Waals surface area (Å²) in [5.41, 5.74) is -0.122. The number of rotatable bonds is 7. The number of amides is 2. The van der Waals surface area contributed by atoms with Crippen molar-refractivity contribution in [2.75, 3.05) is 26.4 Å². The Bertz CT molecular complexity index is 1270. The van der Waals surface area contributed by atoms with Gasteiger partial charge in [0.15, 0.2) is 0 Å². The van der Waals surface area contributed by atoms with Crippen molar-refractivity contribution >= 4 is 33.4 Å². The van der Waals surface area contributed by atoms with Gasteiger partial charge in [0.25, 0.3) is 17.4 Å². The van der Waals surface area contributed by atoms with Gasteiger partial charge in [0, 0.05) is 38.2 Å². The Kier molecular flexibility index (Phi) is 6.10. The lowest BCUT2D eigenvalue weighted by Crippen LogP contribution is -2.52. The number of fused-ring (bicyclic) bond motifs is 1. The minimum Gasteiger partial charge on any atom is -0.348 e. The van der Waals surface area contributed by atoms with Gasteiger partial charge in [-0.05, 0) is 42.7 Å². The fraction of sp³-hybridized carbons (Fsp3) is 0.409. The van der Waals surface area contributed by atoms with E-state index in [0.29, 0.717) is 17.9 Å². The highest BCUT2D eigenvalue weighted by Gasteiger charge is 2.52. The molecule has 176 valence electrons. The lowest BCUT2D eigenvalue weighted by atomic mass is 10.1. The van der Waals surface area contributed by atoms with Gasteiger partial charge >= 0.3 is 0 Å². The second-order valence-corrected chi connectivity index (χ2v) is 11.0. The van der Waals surface area contributed by atoms with E-state index in [1.165, 1.54) is 28.1 Å². The van der Waals surface area contributed by atoms with Crippen molar-refractivity contribution in [1.29, 1.82) is 0 Å². The molecule has 1 aromatic carbocycles. The van der Waals surface area contributed by atoms with E-state index in [0.717, 1.165) is 11.8 Å². The van der Waals surface area contributed by atoms with Crippen molar-refractivity contribution in [2.45, 2.75) is 31.5 Å². The molecule has 0 spiro atoms. The summed E-state index contributed by atoms with van der Waals surface area (Å²) in [7, 11) is -1.86. The first-order valence-electron chi connectivity index (χ1n) is 10.5. The summed E-state index contributed by atoms with van der Waals surface area (Å²) in [5.74, 6) is -0.869. The molecule has 0 radical (unpaired) electrons. The number of carbonyl (C=O) groups is 2. The van der Waals surface area contributed by atoms with Crippen LogP contribution in [0.2, 0.25) is 5.02 Å². The SMILES string of the molecule is CN(C1(CN2CCn3c(ccc(C(=O)NCc4ccc(Cl)cc4)c3=O)C2=O)CC1)S(C)(=O)=O. The molecule has 1 N–H and O–H groups in total. The lowest BCUT2D eigenvalue weighted by molar-refractivity contribution is 0.0652. The molecule has 11 heteroatoms. The van der Waals surface area contributed by atoms with Crippen LogP contribution in [0.1, 0.15) is 39.3 Å². The highest BCUT2D eigenvalue weighted by Crippen LogP contribution is 2.43. The zero-order valence-electron chi connectivity index (χ0n) is 18.4. The molecule has 1 aliphatic carbocycles. The van der Waals surface area contributed by atoms with Crippen molar-refractivity contribution < 1.29 is 18.0 Å². The van der Waals surface area contributed by atoms with Gasteiger partial charge in [-0.3, -0.25) is 14.4 Å². The molecular weight excluding hydrogens is 468 g/mol. The number of nitrogens with one attached hydrogen (secondary N) is 1. The summed E-state index contributed by atoms with van der Waals surface area (Å²) in [6.07, 6.45) is 2.51. The second-order valence-electron chi connectivity index (χ2n) is 8.58. The van der Waals surface area contributed by atoms with Crippen LogP contribution in [0.15, 0.2) is 41.2 Å². The summed E-state index contributed by atoms with van der Waals surface area (Å²) in [4.78, 5) is 40.2.